The molecule has 7 rings (SSSR count). The molecule has 36 heavy (non-hydrogen) atoms. The summed E-state index contributed by atoms with van der Waals surface area (Å²) in [5.74, 6) is 0.551. The number of carbonyl (C=O) groups is 2. The molecule has 0 aliphatic carbocycles. The number of nitrogens with one attached hydrogen (secondary N) is 2. The minimum absolute atomic E-state index is 0.224. The van der Waals surface area contributed by atoms with E-state index in [0.29, 0.717) is 28.6 Å². The van der Waals surface area contributed by atoms with Crippen LogP contribution in [0.1, 0.15) is 27.7 Å². The lowest BCUT2D eigenvalue weighted by atomic mass is 9.59. The monoisotopic (exact) mass is 494 g/mol. The molecule has 3 aliphatic rings. The van der Waals surface area contributed by atoms with Crippen molar-refractivity contribution in [3.05, 3.63) is 84.1 Å². The van der Waals surface area contributed by atoms with E-state index in [0.717, 1.165) is 16.6 Å². The van der Waals surface area contributed by atoms with Crippen LogP contribution in [-0.2, 0) is 10.3 Å². The van der Waals surface area contributed by atoms with E-state index in [-0.39, 0.29) is 17.7 Å². The van der Waals surface area contributed by atoms with Gasteiger partial charge in [-0.05, 0) is 12.1 Å². The first-order valence-electron chi connectivity index (χ1n) is 11.8. The van der Waals surface area contributed by atoms with Crippen LogP contribution >= 0.6 is 11.8 Å². The van der Waals surface area contributed by atoms with Gasteiger partial charge in [-0.2, -0.15) is 5.26 Å². The molecule has 0 bridgehead atoms. The van der Waals surface area contributed by atoms with Gasteiger partial charge >= 0.3 is 0 Å². The molecule has 8 nitrogen and oxygen atoms in total. The van der Waals surface area contributed by atoms with E-state index < -0.39 is 16.9 Å². The van der Waals surface area contributed by atoms with Crippen LogP contribution < -0.4 is 4.90 Å². The molecule has 178 valence electrons. The Kier molecular flexibility index (Phi) is 4.36. The highest BCUT2D eigenvalue weighted by molar-refractivity contribution is 7.99. The molecule has 2 aromatic carbocycles. The normalized spacial score (nSPS) is 29.1. The number of carbonyl (C=O) groups excluding carboxylic acids is 2. The van der Waals surface area contributed by atoms with Crippen molar-refractivity contribution in [2.45, 2.75) is 17.5 Å². The molecule has 3 aliphatic heterocycles. The molecule has 0 radical (unpaired) electrons. The van der Waals surface area contributed by atoms with E-state index >= 15 is 0 Å². The van der Waals surface area contributed by atoms with Gasteiger partial charge in [0.25, 0.3) is 5.91 Å². The van der Waals surface area contributed by atoms with E-state index in [1.165, 1.54) is 0 Å². The highest BCUT2D eigenvalue weighted by Crippen LogP contribution is 2.68. The SMILES string of the molecule is CN1C(=O)C2(c3ccccc31)N1CSCC1C(c1ncc[nH]1)C2(C#N)C(=O)c1c[nH]c2ccccc12. The quantitative estimate of drug-likeness (QED) is 0.421. The van der Waals surface area contributed by atoms with Gasteiger partial charge in [0, 0.05) is 71.0 Å². The van der Waals surface area contributed by atoms with Crippen molar-refractivity contribution in [3.8, 4) is 6.07 Å². The number of H-pyrrole nitrogens is 2. The molecule has 4 aromatic rings. The third-order valence-corrected chi connectivity index (χ3v) is 9.26. The van der Waals surface area contributed by atoms with Gasteiger partial charge in [-0.25, -0.2) is 4.98 Å². The number of para-hydroxylation sites is 2. The zero-order valence-corrected chi connectivity index (χ0v) is 20.2. The van der Waals surface area contributed by atoms with Crippen molar-refractivity contribution < 1.29 is 9.59 Å². The Hall–Kier alpha value is -3.87. The summed E-state index contributed by atoms with van der Waals surface area (Å²) in [6.07, 6.45) is 5.02. The molecule has 5 heterocycles. The summed E-state index contributed by atoms with van der Waals surface area (Å²) in [7, 11) is 1.73. The van der Waals surface area contributed by atoms with E-state index in [1.807, 2.05) is 48.5 Å². The first-order valence-corrected chi connectivity index (χ1v) is 13.0. The van der Waals surface area contributed by atoms with Crippen LogP contribution in [0.15, 0.2) is 67.1 Å². The molecule has 2 aromatic heterocycles. The lowest BCUT2D eigenvalue weighted by molar-refractivity contribution is -0.131. The van der Waals surface area contributed by atoms with Crippen molar-refractivity contribution in [3.63, 3.8) is 0 Å². The van der Waals surface area contributed by atoms with Crippen LogP contribution in [-0.4, -0.2) is 56.3 Å². The van der Waals surface area contributed by atoms with Gasteiger partial charge in [0.1, 0.15) is 5.82 Å². The number of thioether (sulfide) groups is 1. The van der Waals surface area contributed by atoms with Gasteiger partial charge in [0.15, 0.2) is 16.7 Å². The number of anilines is 1. The number of hydrogen-bond acceptors (Lipinski definition) is 6. The Labute approximate surface area is 211 Å². The summed E-state index contributed by atoms with van der Waals surface area (Å²) in [5.41, 5.74) is -0.579. The number of rotatable bonds is 3. The number of Topliss-reactive ketones (excluding diaryl/α,β-unsaturated/α-hetero) is 1. The lowest BCUT2D eigenvalue weighted by Crippen LogP contribution is -2.60. The van der Waals surface area contributed by atoms with Crippen LogP contribution in [0.2, 0.25) is 0 Å². The Morgan fingerprint density at radius 3 is 2.81 bits per heavy atom. The number of imidazole rings is 1. The number of amides is 1. The van der Waals surface area contributed by atoms with Gasteiger partial charge in [0.05, 0.1) is 12.0 Å². The predicted molar refractivity (Wildman–Crippen MR) is 136 cm³/mol. The number of aromatic nitrogens is 3. The van der Waals surface area contributed by atoms with Crippen LogP contribution in [0, 0.1) is 16.7 Å². The lowest BCUT2D eigenvalue weighted by Gasteiger charge is -2.41. The van der Waals surface area contributed by atoms with Crippen LogP contribution in [0.25, 0.3) is 10.9 Å². The third-order valence-electron chi connectivity index (χ3n) is 8.22. The smallest absolute Gasteiger partial charge is 0.254 e. The molecule has 9 heteroatoms. The molecule has 0 saturated carbocycles. The molecule has 2 N–H and O–H groups in total. The second-order valence-electron chi connectivity index (χ2n) is 9.58. The number of ketones is 1. The summed E-state index contributed by atoms with van der Waals surface area (Å²) in [4.78, 5) is 44.1. The van der Waals surface area contributed by atoms with Crippen molar-refractivity contribution in [1.29, 1.82) is 5.26 Å². The summed E-state index contributed by atoms with van der Waals surface area (Å²) < 4.78 is 0. The molecule has 1 spiro atoms. The maximum atomic E-state index is 14.9. The van der Waals surface area contributed by atoms with E-state index in [1.54, 1.807) is 42.3 Å². The number of nitrogens with zero attached hydrogens (tertiary/aromatic N) is 4. The highest BCUT2D eigenvalue weighted by atomic mass is 32.2. The largest absolute Gasteiger partial charge is 0.360 e. The van der Waals surface area contributed by atoms with Crippen LogP contribution in [0.3, 0.4) is 0 Å². The molecule has 2 saturated heterocycles. The molecule has 4 unspecified atom stereocenters. The maximum Gasteiger partial charge on any atom is 0.254 e. The predicted octanol–water partition coefficient (Wildman–Crippen LogP) is 3.63. The minimum Gasteiger partial charge on any atom is -0.360 e. The Bertz CT molecular complexity index is 1590. The zero-order valence-electron chi connectivity index (χ0n) is 19.4. The number of fused-ring (bicyclic) bond motifs is 5. The third kappa shape index (κ3) is 2.27. The Morgan fingerprint density at radius 1 is 1.19 bits per heavy atom. The van der Waals surface area contributed by atoms with Gasteiger partial charge in [0.2, 0.25) is 0 Å². The first-order chi connectivity index (χ1) is 17.6. The second-order valence-corrected chi connectivity index (χ2v) is 10.6. The molecular weight excluding hydrogens is 472 g/mol. The fraction of sp³-hybridized carbons (Fsp3) is 0.259. The second kappa shape index (κ2) is 7.32. The molecular formula is C27H22N6O2S. The van der Waals surface area contributed by atoms with E-state index in [2.05, 4.69) is 25.9 Å². The van der Waals surface area contributed by atoms with E-state index in [9.17, 15) is 14.9 Å². The Morgan fingerprint density at radius 2 is 2.00 bits per heavy atom. The standard InChI is InChI=1S/C27H22N6O2S/c1-32-20-9-5-3-7-18(20)27(25(32)35)26(14-28,23(34)17-12-31-19-8-4-2-6-16(17)19)22(24-29-10-11-30-24)21-13-36-15-33(21)27/h2-12,21-22,31H,13,15H2,1H3,(H,29,30). The van der Waals surface area contributed by atoms with Gasteiger partial charge in [-0.15, -0.1) is 11.8 Å². The summed E-state index contributed by atoms with van der Waals surface area (Å²) in [6, 6.07) is 17.4. The topological polar surface area (TPSA) is 109 Å². The van der Waals surface area contributed by atoms with Crippen molar-refractivity contribution in [2.75, 3.05) is 23.6 Å². The molecule has 2 fully saturated rings. The average Bonchev–Trinajstić information content (AvgIpc) is 3.72. The summed E-state index contributed by atoms with van der Waals surface area (Å²) in [5, 5.41) is 11.9. The molecule has 1 amide bonds. The van der Waals surface area contributed by atoms with Crippen LogP contribution in [0.5, 0.6) is 0 Å². The zero-order chi connectivity index (χ0) is 24.7. The molecule has 4 atom stereocenters. The highest BCUT2D eigenvalue weighted by Gasteiger charge is 2.80. The fourth-order valence-corrected chi connectivity index (χ4v) is 8.13. The fourth-order valence-electron chi connectivity index (χ4n) is 6.83. The maximum absolute atomic E-state index is 14.9. The van der Waals surface area contributed by atoms with Gasteiger partial charge < -0.3 is 14.9 Å². The summed E-state index contributed by atoms with van der Waals surface area (Å²) in [6.45, 7) is 0. The van der Waals surface area contributed by atoms with Crippen molar-refractivity contribution in [1.82, 2.24) is 19.9 Å². The number of benzene rings is 2. The van der Waals surface area contributed by atoms with Crippen LogP contribution in [0.4, 0.5) is 5.69 Å². The number of nitriles is 1. The number of likely N-dealkylation sites (N-methyl/N-ethyl adjacent to an activating group) is 1. The average molecular weight is 495 g/mol. The van der Waals surface area contributed by atoms with Gasteiger partial charge in [-0.1, -0.05) is 36.4 Å². The minimum atomic E-state index is -1.75. The van der Waals surface area contributed by atoms with Gasteiger partial charge in [-0.3, -0.25) is 14.5 Å². The van der Waals surface area contributed by atoms with Crippen molar-refractivity contribution in [2.24, 2.45) is 5.41 Å². The number of hydrogen-bond donors (Lipinski definition) is 2. The van der Waals surface area contributed by atoms with E-state index in [4.69, 9.17) is 0 Å². The van der Waals surface area contributed by atoms with Crippen molar-refractivity contribution >= 4 is 40.0 Å². The number of aromatic amines is 2. The Balaban J connectivity index is 1.60. The summed E-state index contributed by atoms with van der Waals surface area (Å²) >= 11 is 1.72. The first kappa shape index (κ1) is 21.4.